The molecular formula is C20H16BrNO2. The van der Waals surface area contributed by atoms with Crippen molar-refractivity contribution >= 4 is 27.5 Å². The van der Waals surface area contributed by atoms with Gasteiger partial charge in [-0.1, -0.05) is 42.5 Å². The summed E-state index contributed by atoms with van der Waals surface area (Å²) in [6.07, 6.45) is 0. The van der Waals surface area contributed by atoms with Crippen LogP contribution < -0.4 is 10.1 Å². The standard InChI is InChI=1S/C20H16BrNO2/c1-24-19-12-11-17(13-18(19)21)22-20(23)16-9-7-15(8-10-16)14-5-3-2-4-6-14/h2-13H,1H3,(H,22,23). The van der Waals surface area contributed by atoms with Gasteiger partial charge in [0.15, 0.2) is 0 Å². The number of carbonyl (C=O) groups is 1. The first-order valence-electron chi connectivity index (χ1n) is 7.48. The monoisotopic (exact) mass is 381 g/mol. The van der Waals surface area contributed by atoms with Crippen LogP contribution in [-0.4, -0.2) is 13.0 Å². The van der Waals surface area contributed by atoms with Gasteiger partial charge in [-0.2, -0.15) is 0 Å². The number of carbonyl (C=O) groups excluding carboxylic acids is 1. The lowest BCUT2D eigenvalue weighted by molar-refractivity contribution is 0.102. The highest BCUT2D eigenvalue weighted by Gasteiger charge is 2.08. The Hall–Kier alpha value is -2.59. The number of hydrogen-bond acceptors (Lipinski definition) is 2. The predicted molar refractivity (Wildman–Crippen MR) is 101 cm³/mol. The van der Waals surface area contributed by atoms with Crippen molar-refractivity contribution in [3.63, 3.8) is 0 Å². The van der Waals surface area contributed by atoms with E-state index in [-0.39, 0.29) is 5.91 Å². The molecule has 1 N–H and O–H groups in total. The van der Waals surface area contributed by atoms with Crippen LogP contribution in [-0.2, 0) is 0 Å². The van der Waals surface area contributed by atoms with Gasteiger partial charge in [0.2, 0.25) is 0 Å². The number of methoxy groups -OCH3 is 1. The molecule has 0 aliphatic carbocycles. The molecule has 0 unspecified atom stereocenters. The first-order chi connectivity index (χ1) is 11.7. The largest absolute Gasteiger partial charge is 0.496 e. The maximum Gasteiger partial charge on any atom is 0.255 e. The summed E-state index contributed by atoms with van der Waals surface area (Å²) < 4.78 is 5.98. The van der Waals surface area contributed by atoms with Crippen LogP contribution in [0.5, 0.6) is 5.75 Å². The van der Waals surface area contributed by atoms with Gasteiger partial charge in [0.1, 0.15) is 5.75 Å². The number of hydrogen-bond donors (Lipinski definition) is 1. The molecule has 0 aromatic heterocycles. The Balaban J connectivity index is 1.75. The normalized spacial score (nSPS) is 10.2. The molecule has 3 aromatic rings. The number of nitrogens with one attached hydrogen (secondary N) is 1. The first-order valence-corrected chi connectivity index (χ1v) is 8.27. The summed E-state index contributed by atoms with van der Waals surface area (Å²) in [7, 11) is 1.60. The van der Waals surface area contributed by atoms with E-state index < -0.39 is 0 Å². The zero-order chi connectivity index (χ0) is 16.9. The summed E-state index contributed by atoms with van der Waals surface area (Å²) in [5.41, 5.74) is 3.53. The van der Waals surface area contributed by atoms with Crippen molar-refractivity contribution in [2.45, 2.75) is 0 Å². The van der Waals surface area contributed by atoms with Gasteiger partial charge in [-0.05, 0) is 57.4 Å². The van der Waals surface area contributed by atoms with E-state index in [1.807, 2.05) is 60.7 Å². The van der Waals surface area contributed by atoms with Crippen molar-refractivity contribution in [3.05, 3.63) is 82.8 Å². The average molecular weight is 382 g/mol. The van der Waals surface area contributed by atoms with Crippen LogP contribution in [0.4, 0.5) is 5.69 Å². The van der Waals surface area contributed by atoms with E-state index in [4.69, 9.17) is 4.74 Å². The molecule has 0 fully saturated rings. The smallest absolute Gasteiger partial charge is 0.255 e. The first kappa shape index (κ1) is 16.3. The lowest BCUT2D eigenvalue weighted by Gasteiger charge is -2.09. The maximum absolute atomic E-state index is 12.4. The molecule has 24 heavy (non-hydrogen) atoms. The summed E-state index contributed by atoms with van der Waals surface area (Å²) in [6, 6.07) is 23.1. The van der Waals surface area contributed by atoms with Gasteiger partial charge in [-0.25, -0.2) is 0 Å². The molecule has 0 saturated heterocycles. The van der Waals surface area contributed by atoms with Crippen molar-refractivity contribution in [1.29, 1.82) is 0 Å². The van der Waals surface area contributed by atoms with Crippen molar-refractivity contribution in [3.8, 4) is 16.9 Å². The van der Waals surface area contributed by atoms with E-state index in [9.17, 15) is 4.79 Å². The third kappa shape index (κ3) is 3.66. The number of amides is 1. The second-order valence-corrected chi connectivity index (χ2v) is 6.10. The number of benzene rings is 3. The second-order valence-electron chi connectivity index (χ2n) is 5.25. The van der Waals surface area contributed by atoms with Crippen LogP contribution in [0.15, 0.2) is 77.3 Å². The Labute approximate surface area is 149 Å². The molecule has 0 bridgehead atoms. The van der Waals surface area contributed by atoms with Gasteiger partial charge in [-0.15, -0.1) is 0 Å². The molecule has 0 radical (unpaired) electrons. The molecule has 0 saturated carbocycles. The zero-order valence-electron chi connectivity index (χ0n) is 13.1. The fraction of sp³-hybridized carbons (Fsp3) is 0.0500. The fourth-order valence-corrected chi connectivity index (χ4v) is 2.93. The van der Waals surface area contributed by atoms with Gasteiger partial charge in [0, 0.05) is 11.3 Å². The van der Waals surface area contributed by atoms with Crippen LogP contribution in [0.25, 0.3) is 11.1 Å². The van der Waals surface area contributed by atoms with Gasteiger partial charge < -0.3 is 10.1 Å². The molecule has 4 heteroatoms. The van der Waals surface area contributed by atoms with Crippen molar-refractivity contribution < 1.29 is 9.53 Å². The SMILES string of the molecule is COc1ccc(NC(=O)c2ccc(-c3ccccc3)cc2)cc1Br. The molecule has 1 amide bonds. The van der Waals surface area contributed by atoms with E-state index in [0.29, 0.717) is 11.3 Å². The van der Waals surface area contributed by atoms with Crippen molar-refractivity contribution in [1.82, 2.24) is 0 Å². The molecule has 0 spiro atoms. The summed E-state index contributed by atoms with van der Waals surface area (Å²) in [5.74, 6) is 0.576. The van der Waals surface area contributed by atoms with Crippen molar-refractivity contribution in [2.24, 2.45) is 0 Å². The van der Waals surface area contributed by atoms with E-state index in [1.54, 1.807) is 19.2 Å². The van der Waals surface area contributed by atoms with Crippen LogP contribution >= 0.6 is 15.9 Å². The summed E-state index contributed by atoms with van der Waals surface area (Å²) in [6.45, 7) is 0. The third-order valence-electron chi connectivity index (χ3n) is 3.66. The van der Waals surface area contributed by atoms with Gasteiger partial charge in [-0.3, -0.25) is 4.79 Å². The number of rotatable bonds is 4. The Morgan fingerprint density at radius 1 is 0.917 bits per heavy atom. The Morgan fingerprint density at radius 3 is 2.21 bits per heavy atom. The molecule has 0 aliphatic heterocycles. The molecule has 3 aromatic carbocycles. The van der Waals surface area contributed by atoms with E-state index >= 15 is 0 Å². The van der Waals surface area contributed by atoms with Gasteiger partial charge in [0.05, 0.1) is 11.6 Å². The lowest BCUT2D eigenvalue weighted by Crippen LogP contribution is -2.11. The van der Waals surface area contributed by atoms with E-state index in [2.05, 4.69) is 21.2 Å². The summed E-state index contributed by atoms with van der Waals surface area (Å²) in [5, 5.41) is 2.89. The molecule has 120 valence electrons. The highest BCUT2D eigenvalue weighted by Crippen LogP contribution is 2.28. The summed E-state index contributed by atoms with van der Waals surface area (Å²) >= 11 is 3.41. The third-order valence-corrected chi connectivity index (χ3v) is 4.28. The zero-order valence-corrected chi connectivity index (χ0v) is 14.7. The molecule has 0 atom stereocenters. The number of anilines is 1. The fourth-order valence-electron chi connectivity index (χ4n) is 2.39. The highest BCUT2D eigenvalue weighted by atomic mass is 79.9. The number of ether oxygens (including phenoxy) is 1. The maximum atomic E-state index is 12.4. The minimum absolute atomic E-state index is 0.147. The second kappa shape index (κ2) is 7.32. The Kier molecular flexibility index (Phi) is 4.96. The van der Waals surface area contributed by atoms with Crippen LogP contribution in [0.3, 0.4) is 0 Å². The van der Waals surface area contributed by atoms with Crippen LogP contribution in [0, 0.1) is 0 Å². The molecule has 3 nitrogen and oxygen atoms in total. The topological polar surface area (TPSA) is 38.3 Å². The van der Waals surface area contributed by atoms with E-state index in [1.165, 1.54) is 0 Å². The summed E-state index contributed by atoms with van der Waals surface area (Å²) in [4.78, 5) is 12.4. The molecular weight excluding hydrogens is 366 g/mol. The minimum Gasteiger partial charge on any atom is -0.496 e. The average Bonchev–Trinajstić information content (AvgIpc) is 2.63. The lowest BCUT2D eigenvalue weighted by atomic mass is 10.0. The molecule has 0 aliphatic rings. The van der Waals surface area contributed by atoms with E-state index in [0.717, 1.165) is 21.3 Å². The molecule has 0 heterocycles. The predicted octanol–water partition coefficient (Wildman–Crippen LogP) is 5.38. The highest BCUT2D eigenvalue weighted by molar-refractivity contribution is 9.10. The van der Waals surface area contributed by atoms with Crippen molar-refractivity contribution in [2.75, 3.05) is 12.4 Å². The molecule has 3 rings (SSSR count). The van der Waals surface area contributed by atoms with Gasteiger partial charge in [0.25, 0.3) is 5.91 Å². The minimum atomic E-state index is -0.147. The van der Waals surface area contributed by atoms with Crippen LogP contribution in [0.1, 0.15) is 10.4 Å². The Morgan fingerprint density at radius 2 is 1.58 bits per heavy atom. The van der Waals surface area contributed by atoms with Gasteiger partial charge >= 0.3 is 0 Å². The number of halogens is 1. The van der Waals surface area contributed by atoms with Crippen LogP contribution in [0.2, 0.25) is 0 Å². The quantitative estimate of drug-likeness (QED) is 0.658. The Bertz CT molecular complexity index is 845.